The maximum atomic E-state index is 5.74. The lowest BCUT2D eigenvalue weighted by atomic mass is 9.94. The van der Waals surface area contributed by atoms with Gasteiger partial charge in [0.2, 0.25) is 0 Å². The van der Waals surface area contributed by atoms with Crippen molar-refractivity contribution in [3.05, 3.63) is 34.4 Å². The number of hydrogen-bond acceptors (Lipinski definition) is 3. The third kappa shape index (κ3) is 5.23. The minimum Gasteiger partial charge on any atom is -0.382 e. The van der Waals surface area contributed by atoms with Gasteiger partial charge in [-0.3, -0.25) is 0 Å². The van der Waals surface area contributed by atoms with E-state index in [4.69, 9.17) is 9.47 Å². The van der Waals surface area contributed by atoms with E-state index >= 15 is 0 Å². The lowest BCUT2D eigenvalue weighted by molar-refractivity contribution is 0.0584. The summed E-state index contributed by atoms with van der Waals surface area (Å²) in [5, 5.41) is 3.60. The molecular weight excluding hydrogens is 250 g/mol. The van der Waals surface area contributed by atoms with Crippen molar-refractivity contribution < 1.29 is 9.47 Å². The predicted molar refractivity (Wildman–Crippen MR) is 84.4 cm³/mol. The second-order valence-corrected chi connectivity index (χ2v) is 5.39. The second-order valence-electron chi connectivity index (χ2n) is 5.39. The Morgan fingerprint density at radius 2 is 1.75 bits per heavy atom. The van der Waals surface area contributed by atoms with Crippen LogP contribution in [0, 0.1) is 20.8 Å². The molecule has 0 fully saturated rings. The first-order chi connectivity index (χ1) is 9.60. The van der Waals surface area contributed by atoms with Gasteiger partial charge in [-0.15, -0.1) is 0 Å². The molecule has 0 aliphatic heterocycles. The summed E-state index contributed by atoms with van der Waals surface area (Å²) in [5.41, 5.74) is 5.37. The zero-order valence-corrected chi connectivity index (χ0v) is 13.6. The van der Waals surface area contributed by atoms with Crippen molar-refractivity contribution in [1.82, 2.24) is 5.32 Å². The van der Waals surface area contributed by atoms with Gasteiger partial charge in [0.05, 0.1) is 25.9 Å². The van der Waals surface area contributed by atoms with Crippen LogP contribution in [0.4, 0.5) is 0 Å². The van der Waals surface area contributed by atoms with Crippen LogP contribution in [0.15, 0.2) is 12.1 Å². The fourth-order valence-corrected chi connectivity index (χ4v) is 2.65. The summed E-state index contributed by atoms with van der Waals surface area (Å²) >= 11 is 0. The van der Waals surface area contributed by atoms with E-state index in [1.807, 2.05) is 0 Å². The van der Waals surface area contributed by atoms with Crippen molar-refractivity contribution in [3.63, 3.8) is 0 Å². The topological polar surface area (TPSA) is 30.5 Å². The molecule has 0 saturated heterocycles. The molecule has 0 spiro atoms. The summed E-state index contributed by atoms with van der Waals surface area (Å²) < 4.78 is 10.8. The molecule has 1 aromatic rings. The van der Waals surface area contributed by atoms with Gasteiger partial charge in [0, 0.05) is 7.11 Å². The van der Waals surface area contributed by atoms with Crippen LogP contribution in [0.3, 0.4) is 0 Å². The Bertz CT molecular complexity index is 381. The molecule has 1 N–H and O–H groups in total. The molecule has 20 heavy (non-hydrogen) atoms. The minimum atomic E-state index is 0.257. The number of benzene rings is 1. The van der Waals surface area contributed by atoms with E-state index in [2.05, 4.69) is 45.1 Å². The number of ether oxygens (including phenoxy) is 2. The van der Waals surface area contributed by atoms with Gasteiger partial charge in [-0.25, -0.2) is 0 Å². The van der Waals surface area contributed by atoms with Gasteiger partial charge in [0.1, 0.15) is 0 Å². The SMILES string of the molecule is CCCNC(COCCOC)c1c(C)cc(C)cc1C. The third-order valence-corrected chi connectivity index (χ3v) is 3.44. The van der Waals surface area contributed by atoms with Crippen molar-refractivity contribution in [2.75, 3.05) is 33.5 Å². The summed E-state index contributed by atoms with van der Waals surface area (Å²) in [5.74, 6) is 0. The fraction of sp³-hybridized carbons (Fsp3) is 0.647. The Morgan fingerprint density at radius 1 is 1.10 bits per heavy atom. The maximum absolute atomic E-state index is 5.74. The molecule has 1 aromatic carbocycles. The second kappa shape index (κ2) is 9.11. The van der Waals surface area contributed by atoms with Gasteiger partial charge in [-0.1, -0.05) is 24.6 Å². The highest BCUT2D eigenvalue weighted by Gasteiger charge is 2.16. The molecule has 1 atom stereocenters. The first-order valence-electron chi connectivity index (χ1n) is 7.48. The molecular formula is C17H29NO2. The van der Waals surface area contributed by atoms with Gasteiger partial charge in [0.15, 0.2) is 0 Å². The Hall–Kier alpha value is -0.900. The van der Waals surface area contributed by atoms with Gasteiger partial charge < -0.3 is 14.8 Å². The van der Waals surface area contributed by atoms with Crippen molar-refractivity contribution >= 4 is 0 Å². The molecule has 0 amide bonds. The molecule has 0 aromatic heterocycles. The van der Waals surface area contributed by atoms with Crippen molar-refractivity contribution in [3.8, 4) is 0 Å². The Kier molecular flexibility index (Phi) is 7.82. The van der Waals surface area contributed by atoms with Crippen LogP contribution in [-0.2, 0) is 9.47 Å². The Labute approximate surface area is 123 Å². The zero-order chi connectivity index (χ0) is 15.0. The van der Waals surface area contributed by atoms with E-state index in [9.17, 15) is 0 Å². The molecule has 0 aliphatic carbocycles. The summed E-state index contributed by atoms with van der Waals surface area (Å²) in [6, 6.07) is 4.75. The van der Waals surface area contributed by atoms with E-state index in [-0.39, 0.29) is 6.04 Å². The molecule has 0 aliphatic rings. The molecule has 0 heterocycles. The van der Waals surface area contributed by atoms with Gasteiger partial charge in [0.25, 0.3) is 0 Å². The number of nitrogens with one attached hydrogen (secondary N) is 1. The van der Waals surface area contributed by atoms with E-state index in [0.29, 0.717) is 19.8 Å². The van der Waals surface area contributed by atoms with E-state index in [1.165, 1.54) is 22.3 Å². The number of aryl methyl sites for hydroxylation is 3. The Balaban J connectivity index is 2.81. The molecule has 1 rings (SSSR count). The minimum absolute atomic E-state index is 0.257. The van der Waals surface area contributed by atoms with E-state index < -0.39 is 0 Å². The first-order valence-corrected chi connectivity index (χ1v) is 7.48. The molecule has 114 valence electrons. The predicted octanol–water partition coefficient (Wildman–Crippen LogP) is 3.32. The zero-order valence-electron chi connectivity index (χ0n) is 13.6. The Morgan fingerprint density at radius 3 is 2.30 bits per heavy atom. The number of rotatable bonds is 9. The summed E-state index contributed by atoms with van der Waals surface area (Å²) in [6.07, 6.45) is 1.12. The van der Waals surface area contributed by atoms with Crippen LogP contribution in [0.1, 0.15) is 41.6 Å². The molecule has 0 saturated carbocycles. The maximum Gasteiger partial charge on any atom is 0.0701 e. The molecule has 3 heteroatoms. The molecule has 1 unspecified atom stereocenters. The van der Waals surface area contributed by atoms with Gasteiger partial charge in [-0.2, -0.15) is 0 Å². The first kappa shape index (κ1) is 17.2. The highest BCUT2D eigenvalue weighted by atomic mass is 16.5. The summed E-state index contributed by atoms with van der Waals surface area (Å²) in [4.78, 5) is 0. The van der Waals surface area contributed by atoms with Crippen LogP contribution < -0.4 is 5.32 Å². The van der Waals surface area contributed by atoms with E-state index in [0.717, 1.165) is 13.0 Å². The highest BCUT2D eigenvalue weighted by Crippen LogP contribution is 2.24. The summed E-state index contributed by atoms with van der Waals surface area (Å²) in [7, 11) is 1.70. The average molecular weight is 279 g/mol. The van der Waals surface area contributed by atoms with Crippen LogP contribution in [0.25, 0.3) is 0 Å². The van der Waals surface area contributed by atoms with Crippen LogP contribution >= 0.6 is 0 Å². The van der Waals surface area contributed by atoms with Crippen LogP contribution in [0.5, 0.6) is 0 Å². The molecule has 3 nitrogen and oxygen atoms in total. The molecule has 0 radical (unpaired) electrons. The van der Waals surface area contributed by atoms with Crippen LogP contribution in [0.2, 0.25) is 0 Å². The molecule has 0 bridgehead atoms. The highest BCUT2D eigenvalue weighted by molar-refractivity contribution is 5.39. The van der Waals surface area contributed by atoms with Crippen LogP contribution in [-0.4, -0.2) is 33.5 Å². The monoisotopic (exact) mass is 279 g/mol. The van der Waals surface area contributed by atoms with Crippen molar-refractivity contribution in [2.24, 2.45) is 0 Å². The van der Waals surface area contributed by atoms with E-state index in [1.54, 1.807) is 7.11 Å². The lowest BCUT2D eigenvalue weighted by Crippen LogP contribution is -2.28. The average Bonchev–Trinajstić information content (AvgIpc) is 2.38. The van der Waals surface area contributed by atoms with Gasteiger partial charge in [-0.05, 0) is 50.4 Å². The van der Waals surface area contributed by atoms with Crippen molar-refractivity contribution in [2.45, 2.75) is 40.2 Å². The summed E-state index contributed by atoms with van der Waals surface area (Å²) in [6.45, 7) is 11.7. The number of methoxy groups -OCH3 is 1. The fourth-order valence-electron chi connectivity index (χ4n) is 2.65. The lowest BCUT2D eigenvalue weighted by Gasteiger charge is -2.23. The number of hydrogen-bond donors (Lipinski definition) is 1. The normalized spacial score (nSPS) is 12.7. The standard InChI is InChI=1S/C17H29NO2/c1-6-7-18-16(12-20-9-8-19-5)17-14(3)10-13(2)11-15(17)4/h10-11,16,18H,6-9,12H2,1-5H3. The largest absolute Gasteiger partial charge is 0.382 e. The van der Waals surface area contributed by atoms with Crippen molar-refractivity contribution in [1.29, 1.82) is 0 Å². The quantitative estimate of drug-likeness (QED) is 0.703. The van der Waals surface area contributed by atoms with Gasteiger partial charge >= 0.3 is 0 Å². The third-order valence-electron chi connectivity index (χ3n) is 3.44. The smallest absolute Gasteiger partial charge is 0.0701 e.